The number of rotatable bonds is 1. The first-order chi connectivity index (χ1) is 8.32. The van der Waals surface area contributed by atoms with Crippen LogP contribution in [0.25, 0.3) is 0 Å². The average Bonchev–Trinajstić information content (AvgIpc) is 2.29. The molecule has 100 valence electrons. The molecule has 1 aromatic rings. The molecule has 18 heavy (non-hydrogen) atoms. The first kappa shape index (κ1) is 13.9. The maximum atomic E-state index is 14.1. The molecule has 1 nitrogen and oxygen atoms in total. The molecule has 1 aromatic carbocycles. The van der Waals surface area contributed by atoms with Crippen LogP contribution in [-0.2, 0) is 0 Å². The number of hydrogen-bond acceptors (Lipinski definition) is 1. The summed E-state index contributed by atoms with van der Waals surface area (Å²) in [4.78, 5) is 0. The fraction of sp³-hybridized carbons (Fsp3) is 0.571. The van der Waals surface area contributed by atoms with Crippen LogP contribution < -0.4 is 5.73 Å². The van der Waals surface area contributed by atoms with Crippen LogP contribution in [0.1, 0.15) is 44.6 Å². The lowest BCUT2D eigenvalue weighted by molar-refractivity contribution is 0.193. The van der Waals surface area contributed by atoms with E-state index < -0.39 is 11.6 Å². The van der Waals surface area contributed by atoms with Crippen molar-refractivity contribution < 1.29 is 8.78 Å². The lowest BCUT2D eigenvalue weighted by Gasteiger charge is -2.39. The second-order valence-electron chi connectivity index (χ2n) is 5.93. The van der Waals surface area contributed by atoms with Crippen LogP contribution >= 0.6 is 15.9 Å². The highest BCUT2D eigenvalue weighted by Crippen LogP contribution is 2.44. The third kappa shape index (κ3) is 2.59. The lowest BCUT2D eigenvalue weighted by atomic mass is 9.68. The maximum Gasteiger partial charge on any atom is 0.143 e. The molecule has 0 spiro atoms. The molecule has 2 N–H and O–H groups in total. The number of halogens is 3. The molecule has 2 atom stereocenters. The van der Waals surface area contributed by atoms with Gasteiger partial charge < -0.3 is 5.73 Å². The minimum atomic E-state index is -0.506. The van der Waals surface area contributed by atoms with Crippen molar-refractivity contribution >= 4 is 15.9 Å². The summed E-state index contributed by atoms with van der Waals surface area (Å²) in [5.41, 5.74) is 6.30. The Hall–Kier alpha value is -0.480. The summed E-state index contributed by atoms with van der Waals surface area (Å²) >= 11 is 3.11. The molecule has 2 unspecified atom stereocenters. The van der Waals surface area contributed by atoms with Gasteiger partial charge >= 0.3 is 0 Å². The van der Waals surface area contributed by atoms with Gasteiger partial charge in [-0.25, -0.2) is 8.78 Å². The second kappa shape index (κ2) is 4.89. The average molecular weight is 318 g/mol. The molecule has 1 aliphatic rings. The molecule has 0 aliphatic heterocycles. The predicted octanol–water partition coefficient (Wildman–Crippen LogP) is 4.35. The summed E-state index contributed by atoms with van der Waals surface area (Å²) in [6.45, 7) is 4.25. The zero-order valence-electron chi connectivity index (χ0n) is 10.6. The highest BCUT2D eigenvalue weighted by Gasteiger charge is 2.36. The van der Waals surface area contributed by atoms with Crippen molar-refractivity contribution in [3.8, 4) is 0 Å². The molecule has 2 rings (SSSR count). The topological polar surface area (TPSA) is 26.0 Å². The van der Waals surface area contributed by atoms with Gasteiger partial charge in [-0.3, -0.25) is 0 Å². The molecule has 0 amide bonds. The highest BCUT2D eigenvalue weighted by atomic mass is 79.9. The maximum absolute atomic E-state index is 14.1. The normalized spacial score (nSPS) is 27.2. The van der Waals surface area contributed by atoms with Crippen molar-refractivity contribution in [2.45, 2.75) is 45.1 Å². The van der Waals surface area contributed by atoms with Crippen molar-refractivity contribution in [1.29, 1.82) is 0 Å². The SMILES string of the molecule is CC1(C)CCC(N)C(c2c(F)ccc(Br)c2F)C1. The van der Waals surface area contributed by atoms with Gasteiger partial charge in [0.1, 0.15) is 11.6 Å². The van der Waals surface area contributed by atoms with E-state index in [1.165, 1.54) is 12.1 Å². The predicted molar refractivity (Wildman–Crippen MR) is 72.4 cm³/mol. The molecule has 1 aliphatic carbocycles. The minimum absolute atomic E-state index is 0.0851. The zero-order valence-corrected chi connectivity index (χ0v) is 12.2. The second-order valence-corrected chi connectivity index (χ2v) is 6.79. The van der Waals surface area contributed by atoms with Gasteiger partial charge in [-0.05, 0) is 52.7 Å². The van der Waals surface area contributed by atoms with E-state index in [2.05, 4.69) is 29.8 Å². The summed E-state index contributed by atoms with van der Waals surface area (Å²) in [7, 11) is 0. The number of benzene rings is 1. The molecule has 1 fully saturated rings. The Morgan fingerprint density at radius 2 is 2.00 bits per heavy atom. The monoisotopic (exact) mass is 317 g/mol. The van der Waals surface area contributed by atoms with Gasteiger partial charge in [0.05, 0.1) is 4.47 Å². The lowest BCUT2D eigenvalue weighted by Crippen LogP contribution is -2.38. The van der Waals surface area contributed by atoms with Crippen molar-refractivity contribution in [1.82, 2.24) is 0 Å². The smallest absolute Gasteiger partial charge is 0.143 e. The van der Waals surface area contributed by atoms with Gasteiger partial charge in [0, 0.05) is 17.5 Å². The van der Waals surface area contributed by atoms with Crippen LogP contribution in [0.3, 0.4) is 0 Å². The van der Waals surface area contributed by atoms with Crippen molar-refractivity contribution in [3.05, 3.63) is 33.8 Å². The van der Waals surface area contributed by atoms with E-state index in [1.54, 1.807) is 0 Å². The van der Waals surface area contributed by atoms with Crippen LogP contribution in [0, 0.1) is 17.0 Å². The first-order valence-corrected chi connectivity index (χ1v) is 7.00. The van der Waals surface area contributed by atoms with Crippen LogP contribution in [0.2, 0.25) is 0 Å². The quantitative estimate of drug-likeness (QED) is 0.766. The molecule has 0 saturated heterocycles. The first-order valence-electron chi connectivity index (χ1n) is 6.21. The van der Waals surface area contributed by atoms with Gasteiger partial charge in [0.25, 0.3) is 0 Å². The van der Waals surface area contributed by atoms with E-state index in [-0.39, 0.29) is 22.9 Å². The van der Waals surface area contributed by atoms with Crippen molar-refractivity contribution in [3.63, 3.8) is 0 Å². The van der Waals surface area contributed by atoms with Crippen LogP contribution in [0.15, 0.2) is 16.6 Å². The Labute approximate surface area is 115 Å². The molecule has 0 radical (unpaired) electrons. The molecule has 1 saturated carbocycles. The molecule has 0 bridgehead atoms. The Balaban J connectivity index is 2.44. The van der Waals surface area contributed by atoms with Crippen LogP contribution in [0.4, 0.5) is 8.78 Å². The Kier molecular flexibility index (Phi) is 3.79. The van der Waals surface area contributed by atoms with E-state index in [1.807, 2.05) is 0 Å². The van der Waals surface area contributed by atoms with Crippen molar-refractivity contribution in [2.75, 3.05) is 0 Å². The molecule has 4 heteroatoms. The van der Waals surface area contributed by atoms with Gasteiger partial charge in [0.15, 0.2) is 0 Å². The van der Waals surface area contributed by atoms with E-state index in [0.717, 1.165) is 19.3 Å². The van der Waals surface area contributed by atoms with E-state index in [9.17, 15) is 8.78 Å². The summed E-state index contributed by atoms with van der Waals surface area (Å²) in [6.07, 6.45) is 2.53. The van der Waals surface area contributed by atoms with Crippen LogP contribution in [0.5, 0.6) is 0 Å². The van der Waals surface area contributed by atoms with E-state index in [4.69, 9.17) is 5.73 Å². The fourth-order valence-corrected chi connectivity index (χ4v) is 3.15. The fourth-order valence-electron chi connectivity index (χ4n) is 2.81. The highest BCUT2D eigenvalue weighted by molar-refractivity contribution is 9.10. The molecular formula is C14H18BrF2N. The zero-order chi connectivity index (χ0) is 13.5. The summed E-state index contributed by atoms with van der Waals surface area (Å²) < 4.78 is 28.4. The summed E-state index contributed by atoms with van der Waals surface area (Å²) in [5, 5.41) is 0. The van der Waals surface area contributed by atoms with Gasteiger partial charge in [0.2, 0.25) is 0 Å². The molecule has 0 heterocycles. The largest absolute Gasteiger partial charge is 0.327 e. The van der Waals surface area contributed by atoms with Gasteiger partial charge in [-0.1, -0.05) is 13.8 Å². The third-order valence-electron chi connectivity index (χ3n) is 3.89. The van der Waals surface area contributed by atoms with Gasteiger partial charge in [-0.2, -0.15) is 0 Å². The summed E-state index contributed by atoms with van der Waals surface area (Å²) in [6, 6.07) is 2.53. The number of hydrogen-bond donors (Lipinski definition) is 1. The van der Waals surface area contributed by atoms with Crippen LogP contribution in [-0.4, -0.2) is 6.04 Å². The van der Waals surface area contributed by atoms with E-state index in [0.29, 0.717) is 4.47 Å². The Morgan fingerprint density at radius 1 is 1.33 bits per heavy atom. The molecule has 0 aromatic heterocycles. The third-order valence-corrected chi connectivity index (χ3v) is 4.51. The van der Waals surface area contributed by atoms with Gasteiger partial charge in [-0.15, -0.1) is 0 Å². The minimum Gasteiger partial charge on any atom is -0.327 e. The standard InChI is InChI=1S/C14H18BrF2N/c1-14(2)6-5-11(18)8(7-14)12-10(16)4-3-9(15)13(12)17/h3-4,8,11H,5-7,18H2,1-2H3. The Morgan fingerprint density at radius 3 is 2.67 bits per heavy atom. The van der Waals surface area contributed by atoms with Crippen molar-refractivity contribution in [2.24, 2.45) is 11.1 Å². The number of nitrogens with two attached hydrogens (primary N) is 1. The van der Waals surface area contributed by atoms with E-state index >= 15 is 0 Å². The summed E-state index contributed by atoms with van der Waals surface area (Å²) in [5.74, 6) is -1.24. The Bertz CT molecular complexity index is 459. The molecular weight excluding hydrogens is 300 g/mol.